The van der Waals surface area contributed by atoms with Crippen molar-refractivity contribution < 1.29 is 4.79 Å². The average Bonchev–Trinajstić information content (AvgIpc) is 3.11. The van der Waals surface area contributed by atoms with Crippen LogP contribution in [0.5, 0.6) is 0 Å². The van der Waals surface area contributed by atoms with Gasteiger partial charge in [-0.15, -0.1) is 5.10 Å². The summed E-state index contributed by atoms with van der Waals surface area (Å²) in [5, 5.41) is 12.6. The monoisotopic (exact) mass is 327 g/mol. The number of tetrazole rings is 1. The predicted molar refractivity (Wildman–Crippen MR) is 91.7 cm³/mol. The van der Waals surface area contributed by atoms with Gasteiger partial charge in [0, 0.05) is 13.5 Å². The zero-order valence-corrected chi connectivity index (χ0v) is 14.7. The molecule has 0 radical (unpaired) electrons. The van der Waals surface area contributed by atoms with Gasteiger partial charge in [-0.1, -0.05) is 44.4 Å². The molecule has 1 saturated carbocycles. The van der Waals surface area contributed by atoms with Crippen LogP contribution in [0.4, 0.5) is 0 Å². The van der Waals surface area contributed by atoms with Gasteiger partial charge >= 0.3 is 0 Å². The number of nitrogens with zero attached hydrogens (tertiary/aromatic N) is 5. The quantitative estimate of drug-likeness (QED) is 0.866. The topological polar surface area (TPSA) is 63.9 Å². The van der Waals surface area contributed by atoms with Gasteiger partial charge in [0.05, 0.1) is 5.69 Å². The minimum Gasteiger partial charge on any atom is -0.333 e. The number of rotatable bonds is 4. The fourth-order valence-corrected chi connectivity index (χ4v) is 3.76. The second-order valence-corrected chi connectivity index (χ2v) is 6.60. The lowest BCUT2D eigenvalue weighted by atomic mass is 9.79. The Morgan fingerprint density at radius 3 is 2.62 bits per heavy atom. The Hall–Kier alpha value is -2.24. The molecular formula is C18H25N5O. The van der Waals surface area contributed by atoms with Gasteiger partial charge in [-0.3, -0.25) is 4.79 Å². The Balaban J connectivity index is 2.12. The highest BCUT2D eigenvalue weighted by molar-refractivity contribution is 5.76. The van der Waals surface area contributed by atoms with Crippen LogP contribution < -0.4 is 0 Å². The van der Waals surface area contributed by atoms with Crippen LogP contribution >= 0.6 is 0 Å². The Labute approximate surface area is 142 Å². The molecule has 0 aliphatic heterocycles. The molecule has 24 heavy (non-hydrogen) atoms. The molecule has 1 aliphatic carbocycles. The first kappa shape index (κ1) is 16.6. The van der Waals surface area contributed by atoms with Gasteiger partial charge < -0.3 is 4.90 Å². The largest absolute Gasteiger partial charge is 0.333 e. The highest BCUT2D eigenvalue weighted by Gasteiger charge is 2.44. The van der Waals surface area contributed by atoms with Crippen LogP contribution in [0.15, 0.2) is 24.3 Å². The molecule has 2 aromatic rings. The summed E-state index contributed by atoms with van der Waals surface area (Å²) in [6, 6.07) is 8.07. The summed E-state index contributed by atoms with van der Waals surface area (Å²) in [6.07, 6.45) is 5.67. The molecule has 0 atom stereocenters. The lowest BCUT2D eigenvalue weighted by molar-refractivity contribution is -0.137. The summed E-state index contributed by atoms with van der Waals surface area (Å²) in [7, 11) is 1.90. The molecule has 0 N–H and O–H groups in total. The van der Waals surface area contributed by atoms with Gasteiger partial charge in [-0.25, -0.2) is 0 Å². The third-order valence-electron chi connectivity index (χ3n) is 5.23. The molecule has 6 nitrogen and oxygen atoms in total. The number of aromatic nitrogens is 4. The normalized spacial score (nSPS) is 16.8. The van der Waals surface area contributed by atoms with Crippen molar-refractivity contribution in [2.75, 3.05) is 7.05 Å². The van der Waals surface area contributed by atoms with Crippen molar-refractivity contribution >= 4 is 5.91 Å². The predicted octanol–water partition coefficient (Wildman–Crippen LogP) is 3.00. The number of amides is 1. The fourth-order valence-electron chi connectivity index (χ4n) is 3.76. The lowest BCUT2D eigenvalue weighted by Crippen LogP contribution is -2.50. The molecule has 0 unspecified atom stereocenters. The van der Waals surface area contributed by atoms with E-state index in [0.29, 0.717) is 6.42 Å². The Kier molecular flexibility index (Phi) is 4.64. The maximum atomic E-state index is 12.5. The summed E-state index contributed by atoms with van der Waals surface area (Å²) >= 11 is 0. The van der Waals surface area contributed by atoms with Gasteiger partial charge in [0.25, 0.3) is 0 Å². The molecule has 1 heterocycles. The number of hydrogen-bond acceptors (Lipinski definition) is 4. The molecule has 1 aromatic heterocycles. The fraction of sp³-hybridized carbons (Fsp3) is 0.556. The van der Waals surface area contributed by atoms with Gasteiger partial charge in [0.15, 0.2) is 5.82 Å². The van der Waals surface area contributed by atoms with Crippen LogP contribution in [-0.4, -0.2) is 38.1 Å². The summed E-state index contributed by atoms with van der Waals surface area (Å²) in [5.41, 5.74) is 1.66. The SMILES string of the molecule is CCC(=O)N(C)C1(c2nnnn2-c2ccccc2C)CCCCC1. The van der Waals surface area contributed by atoms with E-state index in [1.807, 2.05) is 41.8 Å². The molecule has 0 spiro atoms. The number of carbonyl (C=O) groups excluding carboxylic acids is 1. The average molecular weight is 327 g/mol. The van der Waals surface area contributed by atoms with E-state index >= 15 is 0 Å². The van der Waals surface area contributed by atoms with E-state index in [1.54, 1.807) is 0 Å². The standard InChI is InChI=1S/C18H25N5O/c1-4-16(24)22(3)18(12-8-5-9-13-18)17-19-20-21-23(17)15-11-7-6-10-14(15)2/h6-7,10-11H,4-5,8-9,12-13H2,1-3H3. The van der Waals surface area contributed by atoms with Gasteiger partial charge in [0.1, 0.15) is 5.54 Å². The highest BCUT2D eigenvalue weighted by Crippen LogP contribution is 2.41. The van der Waals surface area contributed by atoms with Gasteiger partial charge in [-0.05, 0) is 41.8 Å². The van der Waals surface area contributed by atoms with E-state index in [1.165, 1.54) is 6.42 Å². The third kappa shape index (κ3) is 2.70. The van der Waals surface area contributed by atoms with Crippen molar-refractivity contribution in [3.8, 4) is 5.69 Å². The maximum Gasteiger partial charge on any atom is 0.222 e. The maximum absolute atomic E-state index is 12.5. The van der Waals surface area contributed by atoms with E-state index in [2.05, 4.69) is 28.5 Å². The first-order chi connectivity index (χ1) is 11.6. The van der Waals surface area contributed by atoms with Gasteiger partial charge in [-0.2, -0.15) is 4.68 Å². The van der Waals surface area contributed by atoms with Crippen LogP contribution in [0.25, 0.3) is 5.69 Å². The number of aryl methyl sites for hydroxylation is 1. The van der Waals surface area contributed by atoms with E-state index in [-0.39, 0.29) is 5.91 Å². The van der Waals surface area contributed by atoms with Gasteiger partial charge in [0.2, 0.25) is 5.91 Å². The molecule has 6 heteroatoms. The van der Waals surface area contributed by atoms with Crippen molar-refractivity contribution in [2.45, 2.75) is 57.9 Å². The Morgan fingerprint density at radius 1 is 1.25 bits per heavy atom. The molecular weight excluding hydrogens is 302 g/mol. The third-order valence-corrected chi connectivity index (χ3v) is 5.23. The zero-order chi connectivity index (χ0) is 17.2. The molecule has 1 aliphatic rings. The zero-order valence-electron chi connectivity index (χ0n) is 14.7. The van der Waals surface area contributed by atoms with Crippen LogP contribution in [-0.2, 0) is 10.3 Å². The first-order valence-electron chi connectivity index (χ1n) is 8.71. The molecule has 0 saturated heterocycles. The number of para-hydroxylation sites is 1. The summed E-state index contributed by atoms with van der Waals surface area (Å²) < 4.78 is 1.82. The molecule has 0 bridgehead atoms. The first-order valence-corrected chi connectivity index (χ1v) is 8.71. The summed E-state index contributed by atoms with van der Waals surface area (Å²) in [5.74, 6) is 0.914. The highest BCUT2D eigenvalue weighted by atomic mass is 16.2. The van der Waals surface area contributed by atoms with E-state index < -0.39 is 5.54 Å². The number of carbonyl (C=O) groups is 1. The number of benzene rings is 1. The minimum atomic E-state index is -0.420. The van der Waals surface area contributed by atoms with Crippen molar-refractivity contribution in [1.29, 1.82) is 0 Å². The summed E-state index contributed by atoms with van der Waals surface area (Å²) in [6.45, 7) is 3.95. The molecule has 3 rings (SSSR count). The van der Waals surface area contributed by atoms with Crippen LogP contribution in [0.1, 0.15) is 56.8 Å². The summed E-state index contributed by atoms with van der Waals surface area (Å²) in [4.78, 5) is 14.4. The van der Waals surface area contributed by atoms with Crippen LogP contribution in [0.2, 0.25) is 0 Å². The molecule has 1 amide bonds. The van der Waals surface area contributed by atoms with E-state index in [4.69, 9.17) is 0 Å². The Bertz CT molecular complexity index is 718. The van der Waals surface area contributed by atoms with Crippen molar-refractivity contribution in [3.05, 3.63) is 35.7 Å². The smallest absolute Gasteiger partial charge is 0.222 e. The van der Waals surface area contributed by atoms with Crippen molar-refractivity contribution in [3.63, 3.8) is 0 Å². The molecule has 128 valence electrons. The second-order valence-electron chi connectivity index (χ2n) is 6.60. The van der Waals surface area contributed by atoms with E-state index in [9.17, 15) is 4.79 Å². The van der Waals surface area contributed by atoms with Crippen molar-refractivity contribution in [1.82, 2.24) is 25.1 Å². The molecule has 1 fully saturated rings. The second kappa shape index (κ2) is 6.71. The Morgan fingerprint density at radius 2 is 1.96 bits per heavy atom. The van der Waals surface area contributed by atoms with Crippen molar-refractivity contribution in [2.24, 2.45) is 0 Å². The minimum absolute atomic E-state index is 0.135. The van der Waals surface area contributed by atoms with Crippen LogP contribution in [0, 0.1) is 6.92 Å². The van der Waals surface area contributed by atoms with E-state index in [0.717, 1.165) is 42.8 Å². The van der Waals surface area contributed by atoms with Crippen LogP contribution in [0.3, 0.4) is 0 Å². The number of hydrogen-bond donors (Lipinski definition) is 0. The molecule has 1 aromatic carbocycles. The lowest BCUT2D eigenvalue weighted by Gasteiger charge is -2.43.